The molecule has 1 aliphatic rings. The van der Waals surface area contributed by atoms with Crippen LogP contribution in [0.1, 0.15) is 49.8 Å². The van der Waals surface area contributed by atoms with Gasteiger partial charge >= 0.3 is 0 Å². The molecule has 1 saturated heterocycles. The fourth-order valence-electron chi connectivity index (χ4n) is 2.18. The third kappa shape index (κ3) is 5.92. The molecule has 2 rings (SSSR count). The third-order valence-corrected chi connectivity index (χ3v) is 4.39. The maximum atomic E-state index is 5.78. The average molecular weight is 297 g/mol. The van der Waals surface area contributed by atoms with Crippen molar-refractivity contribution in [3.8, 4) is 0 Å². The second-order valence-electron chi connectivity index (χ2n) is 6.48. The Morgan fingerprint density at radius 1 is 1.30 bits per heavy atom. The zero-order valence-corrected chi connectivity index (χ0v) is 13.7. The number of ether oxygens (including phenoxy) is 2. The molecule has 1 aliphatic heterocycles. The predicted molar refractivity (Wildman–Crippen MR) is 84.2 cm³/mol. The van der Waals surface area contributed by atoms with E-state index in [-0.39, 0.29) is 5.54 Å². The van der Waals surface area contributed by atoms with E-state index >= 15 is 0 Å². The molecule has 1 aromatic rings. The highest BCUT2D eigenvalue weighted by Gasteiger charge is 2.14. The van der Waals surface area contributed by atoms with Gasteiger partial charge in [0, 0.05) is 28.4 Å². The Morgan fingerprint density at radius 2 is 2.10 bits per heavy atom. The SMILES string of the molecule is CC(C)(C)NCc1ccc(COCC2CCCCO2)s1. The Bertz CT molecular complexity index is 391. The van der Waals surface area contributed by atoms with Gasteiger partial charge < -0.3 is 14.8 Å². The Kier molecular flexibility index (Phi) is 6.02. The zero-order chi connectivity index (χ0) is 14.4. The van der Waals surface area contributed by atoms with Gasteiger partial charge in [-0.05, 0) is 52.2 Å². The number of thiophene rings is 1. The highest BCUT2D eigenvalue weighted by atomic mass is 32.1. The van der Waals surface area contributed by atoms with Gasteiger partial charge in [0.25, 0.3) is 0 Å². The molecule has 1 N–H and O–H groups in total. The fraction of sp³-hybridized carbons (Fsp3) is 0.750. The standard InChI is InChI=1S/C16H27NO2S/c1-16(2,3)17-10-14-7-8-15(20-14)12-18-11-13-6-4-5-9-19-13/h7-8,13,17H,4-6,9-12H2,1-3H3. The Morgan fingerprint density at radius 3 is 2.80 bits per heavy atom. The minimum Gasteiger partial charge on any atom is -0.376 e. The monoisotopic (exact) mass is 297 g/mol. The topological polar surface area (TPSA) is 30.5 Å². The molecule has 0 bridgehead atoms. The average Bonchev–Trinajstić information content (AvgIpc) is 2.85. The summed E-state index contributed by atoms with van der Waals surface area (Å²) >= 11 is 1.83. The summed E-state index contributed by atoms with van der Waals surface area (Å²) in [5, 5.41) is 3.51. The first-order valence-corrected chi connectivity index (χ1v) is 8.36. The maximum absolute atomic E-state index is 5.78. The minimum absolute atomic E-state index is 0.166. The number of hydrogen-bond donors (Lipinski definition) is 1. The van der Waals surface area contributed by atoms with Crippen LogP contribution in [0.4, 0.5) is 0 Å². The smallest absolute Gasteiger partial charge is 0.0810 e. The van der Waals surface area contributed by atoms with Crippen LogP contribution < -0.4 is 5.32 Å². The maximum Gasteiger partial charge on any atom is 0.0810 e. The lowest BCUT2D eigenvalue weighted by atomic mass is 10.1. The van der Waals surface area contributed by atoms with E-state index in [1.54, 1.807) is 0 Å². The number of nitrogens with one attached hydrogen (secondary N) is 1. The Balaban J connectivity index is 1.67. The van der Waals surface area contributed by atoms with E-state index < -0.39 is 0 Å². The van der Waals surface area contributed by atoms with Crippen LogP contribution >= 0.6 is 11.3 Å². The van der Waals surface area contributed by atoms with E-state index in [4.69, 9.17) is 9.47 Å². The van der Waals surface area contributed by atoms with Crippen molar-refractivity contribution in [1.29, 1.82) is 0 Å². The lowest BCUT2D eigenvalue weighted by Crippen LogP contribution is -2.34. The first-order chi connectivity index (χ1) is 9.53. The first-order valence-electron chi connectivity index (χ1n) is 7.55. The van der Waals surface area contributed by atoms with Crippen LogP contribution in [0, 0.1) is 0 Å². The van der Waals surface area contributed by atoms with Crippen LogP contribution in [0.2, 0.25) is 0 Å². The molecule has 1 fully saturated rings. The van der Waals surface area contributed by atoms with Gasteiger partial charge in [-0.3, -0.25) is 0 Å². The molecule has 1 atom stereocenters. The molecule has 1 aromatic heterocycles. The summed E-state index contributed by atoms with van der Waals surface area (Å²) in [6.45, 7) is 9.83. The molecule has 3 nitrogen and oxygen atoms in total. The van der Waals surface area contributed by atoms with Gasteiger partial charge in [0.2, 0.25) is 0 Å². The predicted octanol–water partition coefficient (Wildman–Crippen LogP) is 3.72. The van der Waals surface area contributed by atoms with Gasteiger partial charge in [-0.2, -0.15) is 0 Å². The lowest BCUT2D eigenvalue weighted by molar-refractivity contribution is -0.0443. The summed E-state index contributed by atoms with van der Waals surface area (Å²) in [5.41, 5.74) is 0.166. The van der Waals surface area contributed by atoms with Crippen molar-refractivity contribution in [1.82, 2.24) is 5.32 Å². The van der Waals surface area contributed by atoms with Gasteiger partial charge in [-0.15, -0.1) is 11.3 Å². The van der Waals surface area contributed by atoms with Crippen LogP contribution in [0.5, 0.6) is 0 Å². The molecule has 2 heterocycles. The highest BCUT2D eigenvalue weighted by Crippen LogP contribution is 2.19. The van der Waals surface area contributed by atoms with E-state index in [1.807, 2.05) is 11.3 Å². The first kappa shape index (κ1) is 16.0. The zero-order valence-electron chi connectivity index (χ0n) is 12.9. The molecule has 0 amide bonds. The van der Waals surface area contributed by atoms with Crippen molar-refractivity contribution in [2.75, 3.05) is 13.2 Å². The van der Waals surface area contributed by atoms with Gasteiger partial charge in [-0.1, -0.05) is 0 Å². The van der Waals surface area contributed by atoms with Crippen LogP contribution in [0.15, 0.2) is 12.1 Å². The summed E-state index contributed by atoms with van der Waals surface area (Å²) in [5.74, 6) is 0. The van der Waals surface area contributed by atoms with Gasteiger partial charge in [-0.25, -0.2) is 0 Å². The summed E-state index contributed by atoms with van der Waals surface area (Å²) < 4.78 is 11.4. The summed E-state index contributed by atoms with van der Waals surface area (Å²) in [6.07, 6.45) is 3.93. The molecule has 0 saturated carbocycles. The third-order valence-electron chi connectivity index (χ3n) is 3.33. The van der Waals surface area contributed by atoms with Crippen LogP contribution in [0.3, 0.4) is 0 Å². The molecule has 0 radical (unpaired) electrons. The van der Waals surface area contributed by atoms with E-state index in [0.717, 1.165) is 26.2 Å². The molecule has 20 heavy (non-hydrogen) atoms. The molecule has 0 spiro atoms. The van der Waals surface area contributed by atoms with Crippen LogP contribution in [-0.2, 0) is 22.6 Å². The molecule has 114 valence electrons. The van der Waals surface area contributed by atoms with Crippen molar-refractivity contribution in [3.05, 3.63) is 21.9 Å². The lowest BCUT2D eigenvalue weighted by Gasteiger charge is -2.22. The van der Waals surface area contributed by atoms with Gasteiger partial charge in [0.1, 0.15) is 0 Å². The van der Waals surface area contributed by atoms with Crippen molar-refractivity contribution in [3.63, 3.8) is 0 Å². The van der Waals surface area contributed by atoms with Crippen LogP contribution in [0.25, 0.3) is 0 Å². The summed E-state index contributed by atoms with van der Waals surface area (Å²) in [7, 11) is 0. The normalized spacial score (nSPS) is 20.2. The van der Waals surface area contributed by atoms with E-state index in [9.17, 15) is 0 Å². The molecule has 0 aromatic carbocycles. The van der Waals surface area contributed by atoms with E-state index in [0.29, 0.717) is 12.7 Å². The largest absolute Gasteiger partial charge is 0.376 e. The van der Waals surface area contributed by atoms with Gasteiger partial charge in [0.05, 0.1) is 19.3 Å². The van der Waals surface area contributed by atoms with Crippen molar-refractivity contribution in [2.45, 2.75) is 64.8 Å². The van der Waals surface area contributed by atoms with E-state index in [2.05, 4.69) is 38.2 Å². The van der Waals surface area contributed by atoms with Crippen LogP contribution in [-0.4, -0.2) is 24.9 Å². The summed E-state index contributed by atoms with van der Waals surface area (Å²) in [6, 6.07) is 4.37. The van der Waals surface area contributed by atoms with E-state index in [1.165, 1.54) is 22.6 Å². The Labute approximate surface area is 126 Å². The molecule has 4 heteroatoms. The molecule has 1 unspecified atom stereocenters. The molecular formula is C16H27NO2S. The second kappa shape index (κ2) is 7.55. The van der Waals surface area contributed by atoms with Crippen molar-refractivity contribution >= 4 is 11.3 Å². The van der Waals surface area contributed by atoms with Crippen molar-refractivity contribution < 1.29 is 9.47 Å². The number of rotatable bonds is 6. The van der Waals surface area contributed by atoms with Crippen molar-refractivity contribution in [2.24, 2.45) is 0 Å². The minimum atomic E-state index is 0.166. The Hall–Kier alpha value is -0.420. The summed E-state index contributed by atoms with van der Waals surface area (Å²) in [4.78, 5) is 2.67. The quantitative estimate of drug-likeness (QED) is 0.868. The second-order valence-corrected chi connectivity index (χ2v) is 7.73. The highest BCUT2D eigenvalue weighted by molar-refractivity contribution is 7.11. The molecular weight excluding hydrogens is 270 g/mol. The van der Waals surface area contributed by atoms with Gasteiger partial charge in [0.15, 0.2) is 0 Å². The number of hydrogen-bond acceptors (Lipinski definition) is 4. The molecule has 0 aliphatic carbocycles. The fourth-order valence-corrected chi connectivity index (χ4v) is 3.07.